The van der Waals surface area contributed by atoms with Crippen LogP contribution in [0.25, 0.3) is 5.57 Å². The van der Waals surface area contributed by atoms with Gasteiger partial charge in [-0.2, -0.15) is 5.26 Å². The number of carbonyl (C=O) groups excluding carboxylic acids is 2. The van der Waals surface area contributed by atoms with Crippen molar-refractivity contribution < 1.29 is 9.59 Å². The monoisotopic (exact) mass is 433 g/mol. The first kappa shape index (κ1) is 20.7. The zero-order valence-electron chi connectivity index (χ0n) is 18.6. The lowest BCUT2D eigenvalue weighted by Gasteiger charge is -2.31. The molecule has 0 fully saturated rings. The molecule has 33 heavy (non-hydrogen) atoms. The average molecular weight is 434 g/mol. The van der Waals surface area contributed by atoms with Gasteiger partial charge in [-0.1, -0.05) is 48.0 Å². The molecule has 3 aromatic carbocycles. The van der Waals surface area contributed by atoms with Gasteiger partial charge >= 0.3 is 0 Å². The third-order valence-electron chi connectivity index (χ3n) is 6.41. The molecule has 0 spiro atoms. The van der Waals surface area contributed by atoms with Crippen LogP contribution in [-0.4, -0.2) is 23.3 Å². The van der Waals surface area contributed by atoms with Crippen LogP contribution in [0.15, 0.2) is 72.4 Å². The maximum Gasteiger partial charge on any atom is 0.282 e. The van der Waals surface area contributed by atoms with Crippen LogP contribution in [0.2, 0.25) is 0 Å². The number of hydrogen-bond donors (Lipinski definition) is 0. The highest BCUT2D eigenvalue weighted by Gasteiger charge is 2.43. The summed E-state index contributed by atoms with van der Waals surface area (Å²) < 4.78 is 0. The van der Waals surface area contributed by atoms with Crippen LogP contribution in [-0.2, 0) is 22.6 Å². The molecule has 3 aromatic rings. The van der Waals surface area contributed by atoms with Crippen molar-refractivity contribution in [2.75, 3.05) is 11.4 Å². The highest BCUT2D eigenvalue weighted by atomic mass is 16.2. The van der Waals surface area contributed by atoms with E-state index in [2.05, 4.69) is 18.2 Å². The summed E-state index contributed by atoms with van der Waals surface area (Å²) in [4.78, 5) is 30.8. The average Bonchev–Trinajstić information content (AvgIpc) is 3.08. The van der Waals surface area contributed by atoms with E-state index in [-0.39, 0.29) is 11.8 Å². The first-order valence-electron chi connectivity index (χ1n) is 11.0. The van der Waals surface area contributed by atoms with Gasteiger partial charge in [-0.15, -0.1) is 0 Å². The van der Waals surface area contributed by atoms with E-state index >= 15 is 0 Å². The van der Waals surface area contributed by atoms with Gasteiger partial charge in [0, 0.05) is 13.1 Å². The molecule has 5 heteroatoms. The molecule has 0 radical (unpaired) electrons. The number of carbonyl (C=O) groups is 2. The molecular weight excluding hydrogens is 410 g/mol. The third kappa shape index (κ3) is 3.50. The number of amides is 2. The minimum Gasteiger partial charge on any atom is -0.362 e. The molecule has 0 atom stereocenters. The molecule has 2 aliphatic heterocycles. The molecule has 162 valence electrons. The molecule has 0 aliphatic carbocycles. The Kier molecular flexibility index (Phi) is 5.07. The zero-order chi connectivity index (χ0) is 23.1. The van der Waals surface area contributed by atoms with Crippen molar-refractivity contribution in [3.05, 3.63) is 106 Å². The standard InChI is InChI=1S/C28H23N3O2/c1-18-7-12-24(19(2)15-18)25-26(30-14-13-21-5-3-4-6-22(21)17-30)28(33)31(27(25)32)23-10-8-20(16-29)9-11-23/h3-12,15H,13-14,17H2,1-2H3. The Hall–Kier alpha value is -4.17. The lowest BCUT2D eigenvalue weighted by Crippen LogP contribution is -2.37. The van der Waals surface area contributed by atoms with E-state index in [1.54, 1.807) is 24.3 Å². The lowest BCUT2D eigenvalue weighted by molar-refractivity contribution is -0.120. The van der Waals surface area contributed by atoms with E-state index in [1.807, 2.05) is 49.1 Å². The quantitative estimate of drug-likeness (QED) is 0.570. The molecule has 0 saturated heterocycles. The molecule has 0 saturated carbocycles. The van der Waals surface area contributed by atoms with Crippen molar-refractivity contribution in [1.82, 2.24) is 4.90 Å². The van der Waals surface area contributed by atoms with Gasteiger partial charge in [-0.25, -0.2) is 4.90 Å². The van der Waals surface area contributed by atoms with E-state index < -0.39 is 0 Å². The number of rotatable bonds is 3. The summed E-state index contributed by atoms with van der Waals surface area (Å²) in [5.41, 5.74) is 7.15. The summed E-state index contributed by atoms with van der Waals surface area (Å²) in [6.07, 6.45) is 0.818. The van der Waals surface area contributed by atoms with Crippen molar-refractivity contribution in [2.24, 2.45) is 0 Å². The Morgan fingerprint density at radius 2 is 1.61 bits per heavy atom. The minimum atomic E-state index is -0.328. The molecule has 0 unspecified atom stereocenters. The van der Waals surface area contributed by atoms with Crippen molar-refractivity contribution in [3.8, 4) is 6.07 Å². The van der Waals surface area contributed by atoms with E-state index in [0.29, 0.717) is 35.6 Å². The molecule has 2 amide bonds. The third-order valence-corrected chi connectivity index (χ3v) is 6.41. The van der Waals surface area contributed by atoms with Gasteiger partial charge in [0.25, 0.3) is 11.8 Å². The second kappa shape index (κ2) is 8.07. The van der Waals surface area contributed by atoms with Gasteiger partial charge in [0.2, 0.25) is 0 Å². The maximum absolute atomic E-state index is 13.8. The Balaban J connectivity index is 1.64. The van der Waals surface area contributed by atoms with Crippen LogP contribution in [0.3, 0.4) is 0 Å². The normalized spacial score (nSPS) is 15.7. The molecule has 2 heterocycles. The predicted molar refractivity (Wildman–Crippen MR) is 127 cm³/mol. The first-order chi connectivity index (χ1) is 16.0. The van der Waals surface area contributed by atoms with Gasteiger partial charge in [0.05, 0.1) is 22.9 Å². The number of fused-ring (bicyclic) bond motifs is 1. The molecule has 5 nitrogen and oxygen atoms in total. The Morgan fingerprint density at radius 3 is 2.30 bits per heavy atom. The highest BCUT2D eigenvalue weighted by Crippen LogP contribution is 2.38. The topological polar surface area (TPSA) is 64.4 Å². The summed E-state index contributed by atoms with van der Waals surface area (Å²) in [5.74, 6) is -0.649. The number of aryl methyl sites for hydroxylation is 2. The van der Waals surface area contributed by atoms with E-state index in [0.717, 1.165) is 23.1 Å². The summed E-state index contributed by atoms with van der Waals surface area (Å²) in [6.45, 7) is 5.24. The van der Waals surface area contributed by atoms with Crippen molar-refractivity contribution in [2.45, 2.75) is 26.8 Å². The number of imide groups is 1. The fraction of sp³-hybridized carbons (Fsp3) is 0.179. The van der Waals surface area contributed by atoms with E-state index in [4.69, 9.17) is 5.26 Å². The summed E-state index contributed by atoms with van der Waals surface area (Å²) in [6, 6.07) is 22.8. The van der Waals surface area contributed by atoms with Gasteiger partial charge in [-0.05, 0) is 66.8 Å². The number of nitriles is 1. The van der Waals surface area contributed by atoms with Crippen LogP contribution in [0, 0.1) is 25.2 Å². The molecule has 2 aliphatic rings. The van der Waals surface area contributed by atoms with Crippen molar-refractivity contribution in [1.29, 1.82) is 5.26 Å². The summed E-state index contributed by atoms with van der Waals surface area (Å²) in [5, 5.41) is 9.12. The SMILES string of the molecule is Cc1ccc(C2=C(N3CCc4ccccc4C3)C(=O)N(c3ccc(C#N)cc3)C2=O)c(C)c1. The maximum atomic E-state index is 13.8. The van der Waals surface area contributed by atoms with Crippen LogP contribution in [0.4, 0.5) is 5.69 Å². The number of nitrogens with zero attached hydrogens (tertiary/aromatic N) is 3. The fourth-order valence-electron chi connectivity index (χ4n) is 4.75. The number of hydrogen-bond acceptors (Lipinski definition) is 4. The van der Waals surface area contributed by atoms with Crippen molar-refractivity contribution in [3.63, 3.8) is 0 Å². The van der Waals surface area contributed by atoms with Crippen LogP contribution in [0.1, 0.15) is 33.4 Å². The molecular formula is C28H23N3O2. The lowest BCUT2D eigenvalue weighted by atomic mass is 9.95. The van der Waals surface area contributed by atoms with Gasteiger partial charge in [-0.3, -0.25) is 9.59 Å². The second-order valence-corrected chi connectivity index (χ2v) is 8.59. The van der Waals surface area contributed by atoms with E-state index in [1.165, 1.54) is 16.0 Å². The summed E-state index contributed by atoms with van der Waals surface area (Å²) >= 11 is 0. The van der Waals surface area contributed by atoms with Crippen LogP contribution < -0.4 is 4.90 Å². The largest absolute Gasteiger partial charge is 0.362 e. The Morgan fingerprint density at radius 1 is 0.879 bits per heavy atom. The molecule has 0 aromatic heterocycles. The second-order valence-electron chi connectivity index (χ2n) is 8.59. The smallest absolute Gasteiger partial charge is 0.282 e. The van der Waals surface area contributed by atoms with Gasteiger partial charge in [0.15, 0.2) is 0 Å². The molecule has 5 rings (SSSR count). The fourth-order valence-corrected chi connectivity index (χ4v) is 4.75. The number of anilines is 1. The zero-order valence-corrected chi connectivity index (χ0v) is 18.6. The van der Waals surface area contributed by atoms with Gasteiger partial charge in [0.1, 0.15) is 5.70 Å². The van der Waals surface area contributed by atoms with Crippen LogP contribution >= 0.6 is 0 Å². The van der Waals surface area contributed by atoms with E-state index in [9.17, 15) is 9.59 Å². The summed E-state index contributed by atoms with van der Waals surface area (Å²) in [7, 11) is 0. The van der Waals surface area contributed by atoms with Gasteiger partial charge < -0.3 is 4.90 Å². The molecule has 0 bridgehead atoms. The Labute approximate surface area is 193 Å². The van der Waals surface area contributed by atoms with Crippen LogP contribution in [0.5, 0.6) is 0 Å². The van der Waals surface area contributed by atoms with Crippen molar-refractivity contribution >= 4 is 23.1 Å². The first-order valence-corrected chi connectivity index (χ1v) is 11.0. The minimum absolute atomic E-state index is 0.320. The molecule has 0 N–H and O–H groups in total. The highest BCUT2D eigenvalue weighted by molar-refractivity contribution is 6.45. The predicted octanol–water partition coefficient (Wildman–Crippen LogP) is 4.52. The number of benzene rings is 3. The Bertz CT molecular complexity index is 1360.